The first-order valence-electron chi connectivity index (χ1n) is 16.6. The van der Waals surface area contributed by atoms with E-state index in [1.807, 2.05) is 18.2 Å². The van der Waals surface area contributed by atoms with E-state index in [4.69, 9.17) is 14.4 Å². The first kappa shape index (κ1) is 27.6. The molecule has 8 aromatic carbocycles. The number of hydrogen-bond donors (Lipinski definition) is 1. The molecule has 0 saturated carbocycles. The van der Waals surface area contributed by atoms with E-state index >= 15 is 0 Å². The second kappa shape index (κ2) is 11.0. The molecule has 0 bridgehead atoms. The SMILES string of the molecule is c1ccc(C2N=C(c3ccc4ccccc4c3)N=C(c3ccc(-c4cc5ccccc5c5ccccc45)c4oc5ccccc5c34)N2)cc1. The molecule has 4 nitrogen and oxygen atoms in total. The maximum absolute atomic E-state index is 6.79. The number of nitrogens with zero attached hydrogens (tertiary/aromatic N) is 2. The molecule has 0 saturated heterocycles. The van der Waals surface area contributed by atoms with Crippen molar-refractivity contribution in [2.24, 2.45) is 9.98 Å². The minimum absolute atomic E-state index is 0.313. The van der Waals surface area contributed by atoms with Crippen molar-refractivity contribution >= 4 is 65.9 Å². The molecule has 1 N–H and O–H groups in total. The summed E-state index contributed by atoms with van der Waals surface area (Å²) < 4.78 is 6.79. The molecule has 0 radical (unpaired) electrons. The number of benzene rings is 8. The molecule has 49 heavy (non-hydrogen) atoms. The Labute approximate surface area is 282 Å². The third-order valence-corrected chi connectivity index (χ3v) is 9.70. The number of fused-ring (bicyclic) bond motifs is 7. The first-order chi connectivity index (χ1) is 24.3. The number of hydrogen-bond acceptors (Lipinski definition) is 4. The lowest BCUT2D eigenvalue weighted by Crippen LogP contribution is -2.33. The minimum atomic E-state index is -0.313. The molecule has 10 rings (SSSR count). The van der Waals surface area contributed by atoms with Crippen LogP contribution in [0.5, 0.6) is 0 Å². The zero-order valence-corrected chi connectivity index (χ0v) is 26.5. The average molecular weight is 628 g/mol. The lowest BCUT2D eigenvalue weighted by molar-refractivity contribution is 0.668. The van der Waals surface area contributed by atoms with Gasteiger partial charge in [0.15, 0.2) is 5.84 Å². The highest BCUT2D eigenvalue weighted by Crippen LogP contribution is 2.42. The maximum Gasteiger partial charge on any atom is 0.159 e. The highest BCUT2D eigenvalue weighted by atomic mass is 16.3. The van der Waals surface area contributed by atoms with E-state index in [-0.39, 0.29) is 6.17 Å². The van der Waals surface area contributed by atoms with Crippen LogP contribution in [-0.4, -0.2) is 11.7 Å². The van der Waals surface area contributed by atoms with Gasteiger partial charge in [-0.15, -0.1) is 0 Å². The molecule has 9 aromatic rings. The molecular weight excluding hydrogens is 599 g/mol. The molecule has 1 aliphatic heterocycles. The first-order valence-corrected chi connectivity index (χ1v) is 16.6. The Morgan fingerprint density at radius 3 is 2.02 bits per heavy atom. The van der Waals surface area contributed by atoms with Gasteiger partial charge in [0.2, 0.25) is 0 Å². The van der Waals surface area contributed by atoms with Gasteiger partial charge in [-0.05, 0) is 73.8 Å². The van der Waals surface area contributed by atoms with E-state index in [1.54, 1.807) is 0 Å². The maximum atomic E-state index is 6.79. The summed E-state index contributed by atoms with van der Waals surface area (Å²) >= 11 is 0. The summed E-state index contributed by atoms with van der Waals surface area (Å²) in [5.41, 5.74) is 6.90. The van der Waals surface area contributed by atoms with Gasteiger partial charge in [0, 0.05) is 27.5 Å². The largest absolute Gasteiger partial charge is 0.455 e. The van der Waals surface area contributed by atoms with Crippen molar-refractivity contribution in [3.63, 3.8) is 0 Å². The Kier molecular flexibility index (Phi) is 6.21. The molecule has 0 spiro atoms. The number of furan rings is 1. The van der Waals surface area contributed by atoms with Crippen LogP contribution in [0.2, 0.25) is 0 Å². The number of aliphatic imine (C=N–C) groups is 2. The van der Waals surface area contributed by atoms with Gasteiger partial charge < -0.3 is 9.73 Å². The summed E-state index contributed by atoms with van der Waals surface area (Å²) in [6.45, 7) is 0. The van der Waals surface area contributed by atoms with E-state index in [9.17, 15) is 0 Å². The number of rotatable bonds is 4. The third-order valence-electron chi connectivity index (χ3n) is 9.70. The second-order valence-electron chi connectivity index (χ2n) is 12.6. The predicted octanol–water partition coefficient (Wildman–Crippen LogP) is 11.2. The van der Waals surface area contributed by atoms with Gasteiger partial charge in [0.1, 0.15) is 23.2 Å². The van der Waals surface area contributed by atoms with Gasteiger partial charge in [0.05, 0.1) is 0 Å². The van der Waals surface area contributed by atoms with Crippen LogP contribution in [0, 0.1) is 0 Å². The molecule has 2 heterocycles. The topological polar surface area (TPSA) is 49.9 Å². The van der Waals surface area contributed by atoms with E-state index in [0.717, 1.165) is 61.0 Å². The standard InChI is InChI=1S/C45H29N3O/c1-2-13-29(14-3-1)43-46-44(32-23-22-28-12-4-5-15-30(28)26-32)48-45(47-43)38-25-24-36(42-41(38)37-20-10-11-21-40(37)49-42)39-27-31-16-6-7-17-33(31)34-18-8-9-19-35(34)39/h1-27,43H,(H,46,47,48). The summed E-state index contributed by atoms with van der Waals surface area (Å²) in [4.78, 5) is 10.4. The molecule has 230 valence electrons. The van der Waals surface area contributed by atoms with Crippen LogP contribution in [-0.2, 0) is 0 Å². The van der Waals surface area contributed by atoms with Gasteiger partial charge in [0.25, 0.3) is 0 Å². The second-order valence-corrected chi connectivity index (χ2v) is 12.6. The van der Waals surface area contributed by atoms with Crippen LogP contribution in [0.25, 0.3) is 65.4 Å². The number of amidine groups is 2. The lowest BCUT2D eigenvalue weighted by Gasteiger charge is -2.24. The summed E-state index contributed by atoms with van der Waals surface area (Å²) in [5, 5.41) is 13.0. The van der Waals surface area contributed by atoms with Gasteiger partial charge in [-0.3, -0.25) is 0 Å². The third kappa shape index (κ3) is 4.53. The molecule has 0 amide bonds. The van der Waals surface area contributed by atoms with Crippen molar-refractivity contribution in [3.05, 3.63) is 180 Å². The Balaban J connectivity index is 1.22. The zero-order valence-electron chi connectivity index (χ0n) is 26.5. The molecular formula is C45H29N3O. The molecule has 0 fully saturated rings. The smallest absolute Gasteiger partial charge is 0.159 e. The van der Waals surface area contributed by atoms with Crippen LogP contribution in [0.4, 0.5) is 0 Å². The molecule has 1 aliphatic rings. The fourth-order valence-corrected chi connectivity index (χ4v) is 7.36. The molecule has 1 aromatic heterocycles. The Morgan fingerprint density at radius 1 is 0.490 bits per heavy atom. The monoisotopic (exact) mass is 627 g/mol. The molecule has 0 aliphatic carbocycles. The van der Waals surface area contributed by atoms with Gasteiger partial charge in [-0.1, -0.05) is 133 Å². The van der Waals surface area contributed by atoms with Gasteiger partial charge in [-0.25, -0.2) is 9.98 Å². The number of nitrogens with one attached hydrogen (secondary N) is 1. The zero-order chi connectivity index (χ0) is 32.3. The quantitative estimate of drug-likeness (QED) is 0.197. The van der Waals surface area contributed by atoms with E-state index in [0.29, 0.717) is 5.84 Å². The van der Waals surface area contributed by atoms with E-state index in [2.05, 4.69) is 151 Å². The van der Waals surface area contributed by atoms with Crippen LogP contribution < -0.4 is 5.32 Å². The fourth-order valence-electron chi connectivity index (χ4n) is 7.36. The molecule has 4 heteroatoms. The Hall–Kier alpha value is -6.52. The predicted molar refractivity (Wildman–Crippen MR) is 204 cm³/mol. The Bertz CT molecular complexity index is 2810. The highest BCUT2D eigenvalue weighted by Gasteiger charge is 2.25. The van der Waals surface area contributed by atoms with Crippen molar-refractivity contribution < 1.29 is 4.42 Å². The van der Waals surface area contributed by atoms with E-state index < -0.39 is 0 Å². The van der Waals surface area contributed by atoms with Crippen molar-refractivity contribution in [1.29, 1.82) is 0 Å². The normalized spacial score (nSPS) is 14.7. The summed E-state index contributed by atoms with van der Waals surface area (Å²) in [5.74, 6) is 1.46. The van der Waals surface area contributed by atoms with Crippen LogP contribution in [0.15, 0.2) is 178 Å². The Morgan fingerprint density at radius 2 is 1.16 bits per heavy atom. The van der Waals surface area contributed by atoms with Crippen LogP contribution in [0.1, 0.15) is 22.9 Å². The van der Waals surface area contributed by atoms with Crippen molar-refractivity contribution in [2.75, 3.05) is 0 Å². The number of para-hydroxylation sites is 1. The average Bonchev–Trinajstić information content (AvgIpc) is 3.57. The van der Waals surface area contributed by atoms with Crippen molar-refractivity contribution in [2.45, 2.75) is 6.17 Å². The van der Waals surface area contributed by atoms with Gasteiger partial charge in [-0.2, -0.15) is 0 Å². The molecule has 1 unspecified atom stereocenters. The summed E-state index contributed by atoms with van der Waals surface area (Å²) in [6.07, 6.45) is -0.313. The highest BCUT2D eigenvalue weighted by molar-refractivity contribution is 6.25. The van der Waals surface area contributed by atoms with Crippen LogP contribution in [0.3, 0.4) is 0 Å². The van der Waals surface area contributed by atoms with Gasteiger partial charge >= 0.3 is 0 Å². The minimum Gasteiger partial charge on any atom is -0.455 e. The van der Waals surface area contributed by atoms with Crippen molar-refractivity contribution in [1.82, 2.24) is 5.32 Å². The lowest BCUT2D eigenvalue weighted by atomic mass is 9.91. The summed E-state index contributed by atoms with van der Waals surface area (Å²) in [6, 6.07) is 57.4. The van der Waals surface area contributed by atoms with Crippen molar-refractivity contribution in [3.8, 4) is 11.1 Å². The summed E-state index contributed by atoms with van der Waals surface area (Å²) in [7, 11) is 0. The fraction of sp³-hybridized carbons (Fsp3) is 0.0222. The van der Waals surface area contributed by atoms with E-state index in [1.165, 1.54) is 26.9 Å². The van der Waals surface area contributed by atoms with Crippen LogP contribution >= 0.6 is 0 Å². The molecule has 1 atom stereocenters.